The maximum Gasteiger partial charge on any atom is 0.0443 e. The predicted octanol–water partition coefficient (Wildman–Crippen LogP) is 4.26. The van der Waals surface area contributed by atoms with Gasteiger partial charge < -0.3 is 10.2 Å². The van der Waals surface area contributed by atoms with E-state index in [9.17, 15) is 0 Å². The van der Waals surface area contributed by atoms with Crippen LogP contribution in [0.25, 0.3) is 10.1 Å². The molecular formula is C18H20N2S. The summed E-state index contributed by atoms with van der Waals surface area (Å²) in [6.45, 7) is 1.86. The van der Waals surface area contributed by atoms with E-state index in [4.69, 9.17) is 0 Å². The molecule has 0 amide bonds. The van der Waals surface area contributed by atoms with Crippen molar-refractivity contribution in [1.29, 1.82) is 0 Å². The highest BCUT2D eigenvalue weighted by molar-refractivity contribution is 7.19. The average Bonchev–Trinajstić information content (AvgIpc) is 2.86. The van der Waals surface area contributed by atoms with Crippen molar-refractivity contribution in [1.82, 2.24) is 5.32 Å². The molecule has 1 aromatic heterocycles. The van der Waals surface area contributed by atoms with E-state index >= 15 is 0 Å². The van der Waals surface area contributed by atoms with Gasteiger partial charge in [-0.3, -0.25) is 0 Å². The second-order valence-corrected chi connectivity index (χ2v) is 6.36. The van der Waals surface area contributed by atoms with Gasteiger partial charge in [0.25, 0.3) is 0 Å². The Bertz CT molecular complexity index is 718. The molecule has 0 aliphatic heterocycles. The van der Waals surface area contributed by atoms with E-state index in [1.54, 1.807) is 0 Å². The molecule has 0 spiro atoms. The normalized spacial score (nSPS) is 11.0. The lowest BCUT2D eigenvalue weighted by Gasteiger charge is -2.20. The summed E-state index contributed by atoms with van der Waals surface area (Å²) < 4.78 is 1.37. The van der Waals surface area contributed by atoms with Crippen molar-refractivity contribution in [3.63, 3.8) is 0 Å². The van der Waals surface area contributed by atoms with Crippen molar-refractivity contribution >= 4 is 27.1 Å². The Balaban J connectivity index is 1.97. The topological polar surface area (TPSA) is 15.3 Å². The first-order valence-electron chi connectivity index (χ1n) is 7.19. The van der Waals surface area contributed by atoms with Crippen molar-refractivity contribution in [2.24, 2.45) is 0 Å². The van der Waals surface area contributed by atoms with Crippen LogP contribution in [-0.2, 0) is 13.1 Å². The molecule has 0 aliphatic rings. The largest absolute Gasteiger partial charge is 0.370 e. The quantitative estimate of drug-likeness (QED) is 0.757. The van der Waals surface area contributed by atoms with Crippen LogP contribution in [0.1, 0.15) is 10.4 Å². The Morgan fingerprint density at radius 1 is 1.00 bits per heavy atom. The zero-order chi connectivity index (χ0) is 14.7. The molecule has 0 radical (unpaired) electrons. The van der Waals surface area contributed by atoms with Crippen LogP contribution in [0.15, 0.2) is 54.6 Å². The summed E-state index contributed by atoms with van der Waals surface area (Å²) in [5.74, 6) is 0. The molecule has 1 N–H and O–H groups in total. The number of hydrogen-bond acceptors (Lipinski definition) is 3. The number of nitrogens with zero attached hydrogens (tertiary/aromatic N) is 1. The lowest BCUT2D eigenvalue weighted by atomic mass is 10.1. The molecule has 2 nitrogen and oxygen atoms in total. The molecule has 0 saturated carbocycles. The number of hydrogen-bond donors (Lipinski definition) is 1. The third-order valence-corrected chi connectivity index (χ3v) is 4.92. The van der Waals surface area contributed by atoms with E-state index in [1.807, 2.05) is 18.4 Å². The Hall–Kier alpha value is -1.84. The third-order valence-electron chi connectivity index (χ3n) is 3.71. The van der Waals surface area contributed by atoms with E-state index in [2.05, 4.69) is 71.9 Å². The molecule has 0 bridgehead atoms. The van der Waals surface area contributed by atoms with Crippen LogP contribution in [0.4, 0.5) is 5.69 Å². The van der Waals surface area contributed by atoms with Gasteiger partial charge in [-0.1, -0.05) is 36.4 Å². The number of nitrogens with one attached hydrogen (secondary N) is 1. The van der Waals surface area contributed by atoms with Crippen LogP contribution in [0.5, 0.6) is 0 Å². The highest BCUT2D eigenvalue weighted by Gasteiger charge is 2.13. The molecule has 3 rings (SSSR count). The molecule has 3 heteroatoms. The van der Waals surface area contributed by atoms with Crippen LogP contribution in [0, 0.1) is 0 Å². The van der Waals surface area contributed by atoms with Crippen LogP contribution in [-0.4, -0.2) is 14.1 Å². The molecule has 0 fully saturated rings. The Kier molecular flexibility index (Phi) is 4.23. The third kappa shape index (κ3) is 2.94. The predicted molar refractivity (Wildman–Crippen MR) is 93.1 cm³/mol. The number of para-hydroxylation sites is 1. The van der Waals surface area contributed by atoms with Crippen molar-refractivity contribution in [2.75, 3.05) is 19.0 Å². The first-order valence-corrected chi connectivity index (χ1v) is 8.01. The lowest BCUT2D eigenvalue weighted by molar-refractivity contribution is 0.813. The molecule has 1 heterocycles. The van der Waals surface area contributed by atoms with Gasteiger partial charge in [-0.05, 0) is 36.2 Å². The summed E-state index contributed by atoms with van der Waals surface area (Å²) in [5.41, 5.74) is 2.69. The summed E-state index contributed by atoms with van der Waals surface area (Å²) in [4.78, 5) is 3.75. The van der Waals surface area contributed by atoms with Gasteiger partial charge in [0.1, 0.15) is 0 Å². The first kappa shape index (κ1) is 14.1. The maximum atomic E-state index is 3.29. The van der Waals surface area contributed by atoms with Crippen molar-refractivity contribution in [2.45, 2.75) is 13.1 Å². The van der Waals surface area contributed by atoms with E-state index in [0.717, 1.165) is 13.1 Å². The standard InChI is InChI=1S/C18H20N2S/c1-19-12-18-16(15-10-6-7-11-17(15)21-18)13-20(2)14-8-4-3-5-9-14/h3-11,19H,12-13H2,1-2H3. The molecule has 0 unspecified atom stereocenters. The molecule has 0 aliphatic carbocycles. The molecule has 0 atom stereocenters. The molecular weight excluding hydrogens is 276 g/mol. The molecule has 2 aromatic carbocycles. The molecule has 108 valence electrons. The van der Waals surface area contributed by atoms with Gasteiger partial charge in [-0.15, -0.1) is 11.3 Å². The van der Waals surface area contributed by atoms with Gasteiger partial charge >= 0.3 is 0 Å². The number of anilines is 1. The van der Waals surface area contributed by atoms with E-state index in [0.29, 0.717) is 0 Å². The summed E-state index contributed by atoms with van der Waals surface area (Å²) in [6, 6.07) is 19.3. The number of rotatable bonds is 5. The highest BCUT2D eigenvalue weighted by atomic mass is 32.1. The highest BCUT2D eigenvalue weighted by Crippen LogP contribution is 2.32. The number of benzene rings is 2. The van der Waals surface area contributed by atoms with Gasteiger partial charge in [0.15, 0.2) is 0 Å². The summed E-state index contributed by atoms with van der Waals surface area (Å²) in [5, 5.41) is 4.68. The van der Waals surface area contributed by atoms with Gasteiger partial charge in [0.2, 0.25) is 0 Å². The Morgan fingerprint density at radius 3 is 2.48 bits per heavy atom. The maximum absolute atomic E-state index is 3.29. The van der Waals surface area contributed by atoms with Crippen LogP contribution in [0.2, 0.25) is 0 Å². The number of thiophene rings is 1. The van der Waals surface area contributed by atoms with Crippen LogP contribution < -0.4 is 10.2 Å². The summed E-state index contributed by atoms with van der Waals surface area (Å²) >= 11 is 1.90. The smallest absolute Gasteiger partial charge is 0.0443 e. The zero-order valence-electron chi connectivity index (χ0n) is 12.5. The van der Waals surface area contributed by atoms with Crippen LogP contribution >= 0.6 is 11.3 Å². The fourth-order valence-corrected chi connectivity index (χ4v) is 3.86. The molecule has 3 aromatic rings. The Morgan fingerprint density at radius 2 is 1.71 bits per heavy atom. The van der Waals surface area contributed by atoms with Crippen molar-refractivity contribution in [3.8, 4) is 0 Å². The van der Waals surface area contributed by atoms with E-state index < -0.39 is 0 Å². The number of fused-ring (bicyclic) bond motifs is 1. The van der Waals surface area contributed by atoms with Gasteiger partial charge in [0, 0.05) is 35.4 Å². The zero-order valence-corrected chi connectivity index (χ0v) is 13.3. The summed E-state index contributed by atoms with van der Waals surface area (Å²) in [7, 11) is 4.17. The second-order valence-electron chi connectivity index (χ2n) is 5.22. The van der Waals surface area contributed by atoms with E-state index in [1.165, 1.54) is 26.2 Å². The minimum Gasteiger partial charge on any atom is -0.370 e. The SMILES string of the molecule is CNCc1sc2ccccc2c1CN(C)c1ccccc1. The fraction of sp³-hybridized carbons (Fsp3) is 0.222. The second kappa shape index (κ2) is 6.29. The molecule has 21 heavy (non-hydrogen) atoms. The van der Waals surface area contributed by atoms with Gasteiger partial charge in [-0.25, -0.2) is 0 Å². The minimum absolute atomic E-state index is 0.928. The monoisotopic (exact) mass is 296 g/mol. The first-order chi connectivity index (χ1) is 10.3. The van der Waals surface area contributed by atoms with E-state index in [-0.39, 0.29) is 0 Å². The van der Waals surface area contributed by atoms with Gasteiger partial charge in [0.05, 0.1) is 0 Å². The average molecular weight is 296 g/mol. The fourth-order valence-electron chi connectivity index (χ4n) is 2.64. The minimum atomic E-state index is 0.928. The van der Waals surface area contributed by atoms with Gasteiger partial charge in [-0.2, -0.15) is 0 Å². The van der Waals surface area contributed by atoms with Crippen molar-refractivity contribution < 1.29 is 0 Å². The van der Waals surface area contributed by atoms with Crippen molar-refractivity contribution in [3.05, 3.63) is 65.0 Å². The lowest BCUT2D eigenvalue weighted by Crippen LogP contribution is -2.17. The van der Waals surface area contributed by atoms with Crippen LogP contribution in [0.3, 0.4) is 0 Å². The summed E-state index contributed by atoms with van der Waals surface area (Å²) in [6.07, 6.45) is 0. The molecule has 0 saturated heterocycles. The Labute approximate surface area is 130 Å².